The van der Waals surface area contributed by atoms with E-state index in [0.29, 0.717) is 6.04 Å². The van der Waals surface area contributed by atoms with Gasteiger partial charge in [-0.15, -0.1) is 0 Å². The second-order valence-electron chi connectivity index (χ2n) is 6.32. The Morgan fingerprint density at radius 1 is 1.41 bits per heavy atom. The molecular weight excluding hydrogens is 212 g/mol. The van der Waals surface area contributed by atoms with E-state index in [2.05, 4.69) is 45.0 Å². The van der Waals surface area contributed by atoms with E-state index in [0.717, 1.165) is 5.92 Å². The summed E-state index contributed by atoms with van der Waals surface area (Å²) in [7, 11) is 0. The van der Waals surface area contributed by atoms with Gasteiger partial charge < -0.3 is 4.90 Å². The van der Waals surface area contributed by atoms with Gasteiger partial charge in [0.1, 0.15) is 0 Å². The minimum absolute atomic E-state index is 0.105. The van der Waals surface area contributed by atoms with Crippen LogP contribution in [0.15, 0.2) is 0 Å². The smallest absolute Gasteiger partial charge is 0.0813 e. The molecule has 0 saturated carbocycles. The first-order valence-electron chi connectivity index (χ1n) is 7.08. The van der Waals surface area contributed by atoms with Crippen molar-refractivity contribution in [2.75, 3.05) is 19.6 Å². The van der Waals surface area contributed by atoms with E-state index in [1.165, 1.54) is 38.9 Å². The van der Waals surface area contributed by atoms with Gasteiger partial charge in [0.15, 0.2) is 0 Å². The summed E-state index contributed by atoms with van der Waals surface area (Å²) in [6.45, 7) is 14.5. The number of nitrogens with zero attached hydrogens (tertiary/aromatic N) is 1. The Morgan fingerprint density at radius 3 is 2.71 bits per heavy atom. The fraction of sp³-hybridized carbons (Fsp3) is 1.00. The summed E-state index contributed by atoms with van der Waals surface area (Å²) < 4.78 is 0. The van der Waals surface area contributed by atoms with Gasteiger partial charge in [0, 0.05) is 12.6 Å². The molecule has 0 amide bonds. The van der Waals surface area contributed by atoms with Crippen LogP contribution < -0.4 is 5.48 Å². The molecule has 1 aliphatic rings. The third-order valence-corrected chi connectivity index (χ3v) is 3.34. The fourth-order valence-electron chi connectivity index (χ4n) is 2.38. The van der Waals surface area contributed by atoms with Crippen molar-refractivity contribution < 1.29 is 4.84 Å². The summed E-state index contributed by atoms with van der Waals surface area (Å²) in [6.07, 6.45) is 3.90. The first kappa shape index (κ1) is 14.9. The summed E-state index contributed by atoms with van der Waals surface area (Å²) >= 11 is 0. The van der Waals surface area contributed by atoms with Gasteiger partial charge in [-0.3, -0.25) is 4.84 Å². The van der Waals surface area contributed by atoms with E-state index in [-0.39, 0.29) is 5.60 Å². The summed E-state index contributed by atoms with van der Waals surface area (Å²) in [6, 6.07) is 0.439. The van der Waals surface area contributed by atoms with Gasteiger partial charge in [-0.25, -0.2) is 0 Å². The molecule has 0 spiro atoms. The van der Waals surface area contributed by atoms with Crippen LogP contribution in [0.3, 0.4) is 0 Å². The number of nitrogens with one attached hydrogen (secondary N) is 1. The van der Waals surface area contributed by atoms with Gasteiger partial charge in [0.25, 0.3) is 0 Å². The zero-order chi connectivity index (χ0) is 12.9. The van der Waals surface area contributed by atoms with Crippen LogP contribution in [0, 0.1) is 5.92 Å². The van der Waals surface area contributed by atoms with E-state index in [1.54, 1.807) is 0 Å². The van der Waals surface area contributed by atoms with Crippen molar-refractivity contribution in [3.63, 3.8) is 0 Å². The molecule has 2 atom stereocenters. The maximum absolute atomic E-state index is 5.67. The minimum Gasteiger partial charge on any atom is -0.303 e. The van der Waals surface area contributed by atoms with Crippen LogP contribution in [0.25, 0.3) is 0 Å². The Kier molecular flexibility index (Phi) is 5.90. The predicted molar refractivity (Wildman–Crippen MR) is 72.9 cm³/mol. The Hall–Kier alpha value is -0.120. The fourth-order valence-corrected chi connectivity index (χ4v) is 2.38. The second-order valence-corrected chi connectivity index (χ2v) is 6.32. The molecule has 1 aliphatic heterocycles. The summed E-state index contributed by atoms with van der Waals surface area (Å²) in [5.41, 5.74) is 3.12. The van der Waals surface area contributed by atoms with Crippen molar-refractivity contribution in [2.24, 2.45) is 5.92 Å². The average molecular weight is 242 g/mol. The number of piperidine rings is 1. The maximum Gasteiger partial charge on any atom is 0.0813 e. The number of likely N-dealkylation sites (tertiary alicyclic amines) is 1. The van der Waals surface area contributed by atoms with Crippen molar-refractivity contribution >= 4 is 0 Å². The highest BCUT2D eigenvalue weighted by Gasteiger charge is 2.25. The Bertz CT molecular complexity index is 211. The maximum atomic E-state index is 5.67. The molecule has 0 aromatic rings. The molecule has 1 N–H and O–H groups in total. The van der Waals surface area contributed by atoms with Crippen LogP contribution in [-0.4, -0.2) is 36.2 Å². The van der Waals surface area contributed by atoms with Gasteiger partial charge in [-0.05, 0) is 66.0 Å². The SMILES string of the molecule is CCCN1CCCC(C(C)NOC(C)(C)C)C1. The zero-order valence-electron chi connectivity index (χ0n) is 12.3. The molecule has 0 aromatic carbocycles. The van der Waals surface area contributed by atoms with E-state index in [9.17, 15) is 0 Å². The number of hydrogen-bond donors (Lipinski definition) is 1. The van der Waals surface area contributed by atoms with E-state index >= 15 is 0 Å². The molecule has 2 unspecified atom stereocenters. The van der Waals surface area contributed by atoms with Crippen molar-refractivity contribution in [2.45, 2.75) is 65.5 Å². The second kappa shape index (κ2) is 6.72. The third-order valence-electron chi connectivity index (χ3n) is 3.34. The van der Waals surface area contributed by atoms with Crippen molar-refractivity contribution in [1.82, 2.24) is 10.4 Å². The van der Waals surface area contributed by atoms with Gasteiger partial charge >= 0.3 is 0 Å². The Balaban J connectivity index is 2.33. The largest absolute Gasteiger partial charge is 0.303 e. The van der Waals surface area contributed by atoms with Gasteiger partial charge in [0.2, 0.25) is 0 Å². The summed E-state index contributed by atoms with van der Waals surface area (Å²) in [4.78, 5) is 8.26. The zero-order valence-corrected chi connectivity index (χ0v) is 12.3. The molecule has 0 aromatic heterocycles. The van der Waals surface area contributed by atoms with Crippen LogP contribution in [0.2, 0.25) is 0 Å². The van der Waals surface area contributed by atoms with Crippen molar-refractivity contribution in [3.8, 4) is 0 Å². The molecule has 17 heavy (non-hydrogen) atoms. The number of hydroxylamine groups is 1. The molecule has 3 nitrogen and oxygen atoms in total. The molecule has 1 heterocycles. The van der Waals surface area contributed by atoms with Crippen LogP contribution in [0.1, 0.15) is 53.9 Å². The highest BCUT2D eigenvalue weighted by molar-refractivity contribution is 4.79. The van der Waals surface area contributed by atoms with Crippen LogP contribution >= 0.6 is 0 Å². The molecule has 3 heteroatoms. The molecule has 0 aliphatic carbocycles. The number of rotatable bonds is 5. The lowest BCUT2D eigenvalue weighted by Gasteiger charge is -2.36. The summed E-state index contributed by atoms with van der Waals surface area (Å²) in [5.74, 6) is 0.720. The van der Waals surface area contributed by atoms with Gasteiger partial charge in [-0.2, -0.15) is 5.48 Å². The third kappa shape index (κ3) is 5.84. The monoisotopic (exact) mass is 242 g/mol. The average Bonchev–Trinajstić information content (AvgIpc) is 2.26. The lowest BCUT2D eigenvalue weighted by Crippen LogP contribution is -2.46. The molecule has 0 radical (unpaired) electrons. The lowest BCUT2D eigenvalue weighted by atomic mass is 9.92. The molecule has 102 valence electrons. The molecule has 1 saturated heterocycles. The first-order chi connectivity index (χ1) is 7.92. The summed E-state index contributed by atoms with van der Waals surface area (Å²) in [5, 5.41) is 0. The van der Waals surface area contributed by atoms with Crippen LogP contribution in [0.5, 0.6) is 0 Å². The molecule has 0 bridgehead atoms. The van der Waals surface area contributed by atoms with E-state index in [4.69, 9.17) is 4.84 Å². The Morgan fingerprint density at radius 2 is 2.12 bits per heavy atom. The van der Waals surface area contributed by atoms with Gasteiger partial charge in [0.05, 0.1) is 5.60 Å². The molecular formula is C14H30N2O. The normalized spacial score (nSPS) is 24.9. The van der Waals surface area contributed by atoms with E-state index < -0.39 is 0 Å². The topological polar surface area (TPSA) is 24.5 Å². The van der Waals surface area contributed by atoms with Crippen molar-refractivity contribution in [1.29, 1.82) is 0 Å². The number of hydrogen-bond acceptors (Lipinski definition) is 3. The lowest BCUT2D eigenvalue weighted by molar-refractivity contribution is -0.0970. The first-order valence-corrected chi connectivity index (χ1v) is 7.08. The molecule has 1 fully saturated rings. The quantitative estimate of drug-likeness (QED) is 0.750. The Labute approximate surface area is 107 Å². The molecule has 1 rings (SSSR count). The highest BCUT2D eigenvalue weighted by Crippen LogP contribution is 2.20. The highest BCUT2D eigenvalue weighted by atomic mass is 16.7. The predicted octanol–water partition coefficient (Wildman–Crippen LogP) is 2.82. The van der Waals surface area contributed by atoms with Crippen LogP contribution in [0.4, 0.5) is 0 Å². The van der Waals surface area contributed by atoms with Crippen LogP contribution in [-0.2, 0) is 4.84 Å². The van der Waals surface area contributed by atoms with E-state index in [1.807, 2.05) is 0 Å². The standard InChI is InChI=1S/C14H30N2O/c1-6-9-16-10-7-8-13(11-16)12(2)15-17-14(3,4)5/h12-13,15H,6-11H2,1-5H3. The minimum atomic E-state index is -0.105. The van der Waals surface area contributed by atoms with Crippen molar-refractivity contribution in [3.05, 3.63) is 0 Å². The van der Waals surface area contributed by atoms with Gasteiger partial charge in [-0.1, -0.05) is 6.92 Å².